The van der Waals surface area contributed by atoms with Gasteiger partial charge in [-0.25, -0.2) is 4.39 Å². The van der Waals surface area contributed by atoms with Gasteiger partial charge in [0.25, 0.3) is 0 Å². The quantitative estimate of drug-likeness (QED) is 0.579. The molecule has 2 rings (SSSR count). The first kappa shape index (κ1) is 20.8. The Bertz CT molecular complexity index is 519. The molecule has 1 fully saturated rings. The minimum atomic E-state index is -4.30. The van der Waals surface area contributed by atoms with Gasteiger partial charge in [-0.15, -0.1) is 12.4 Å². The van der Waals surface area contributed by atoms with E-state index in [0.29, 0.717) is 26.2 Å². The summed E-state index contributed by atoms with van der Waals surface area (Å²) < 4.78 is 52.1. The number of alkyl halides is 3. The largest absolute Gasteiger partial charge is 0.389 e. The van der Waals surface area contributed by atoms with Gasteiger partial charge in [0, 0.05) is 49.2 Å². The minimum Gasteiger partial charge on any atom is -0.314 e. The van der Waals surface area contributed by atoms with Crippen molar-refractivity contribution in [3.63, 3.8) is 0 Å². The molecule has 0 aromatic heterocycles. The van der Waals surface area contributed by atoms with Crippen LogP contribution in [0.25, 0.3) is 0 Å². The molecular formula is C14H17Cl3F4N2. The fourth-order valence-corrected chi connectivity index (χ4v) is 3.09. The first-order chi connectivity index (χ1) is 10.3. The molecule has 0 bridgehead atoms. The molecule has 1 atom stereocenters. The minimum absolute atomic E-state index is 0. The molecule has 0 amide bonds. The molecule has 0 unspecified atom stereocenters. The Morgan fingerprint density at radius 1 is 1.13 bits per heavy atom. The molecule has 0 aliphatic carbocycles. The summed E-state index contributed by atoms with van der Waals surface area (Å²) >= 11 is 11.8. The van der Waals surface area contributed by atoms with E-state index in [4.69, 9.17) is 23.2 Å². The van der Waals surface area contributed by atoms with Crippen LogP contribution in [0.5, 0.6) is 0 Å². The Labute approximate surface area is 148 Å². The number of benzene rings is 1. The van der Waals surface area contributed by atoms with Crippen LogP contribution in [-0.2, 0) is 0 Å². The van der Waals surface area contributed by atoms with Crippen LogP contribution in [-0.4, -0.2) is 37.3 Å². The van der Waals surface area contributed by atoms with Crippen molar-refractivity contribution < 1.29 is 17.6 Å². The number of halogens is 7. The normalized spacial score (nSPS) is 17.7. The van der Waals surface area contributed by atoms with Crippen molar-refractivity contribution in [3.8, 4) is 0 Å². The molecule has 1 saturated heterocycles. The standard InChI is InChI=1S/C14H16Cl2F4N2.ClH/c15-9-1-2-10(16)13(17)12(9)11(3-4-14(18,19)20)22-7-5-21-6-8-22;/h1-2,11,21H,3-8H2;1H/t11-;/m0./s1. The third-order valence-electron chi connectivity index (χ3n) is 3.71. The van der Waals surface area contributed by atoms with E-state index >= 15 is 0 Å². The summed E-state index contributed by atoms with van der Waals surface area (Å²) in [6, 6.07) is 1.99. The van der Waals surface area contributed by atoms with Gasteiger partial charge in [0.2, 0.25) is 0 Å². The van der Waals surface area contributed by atoms with Crippen LogP contribution in [0.4, 0.5) is 17.6 Å². The van der Waals surface area contributed by atoms with E-state index in [1.165, 1.54) is 12.1 Å². The highest BCUT2D eigenvalue weighted by atomic mass is 35.5. The van der Waals surface area contributed by atoms with E-state index in [0.717, 1.165) is 0 Å². The molecular weight excluding hydrogens is 379 g/mol. The van der Waals surface area contributed by atoms with Gasteiger partial charge in [-0.2, -0.15) is 13.2 Å². The molecule has 23 heavy (non-hydrogen) atoms. The van der Waals surface area contributed by atoms with Gasteiger partial charge >= 0.3 is 6.18 Å². The van der Waals surface area contributed by atoms with E-state index in [-0.39, 0.29) is 34.4 Å². The molecule has 9 heteroatoms. The lowest BCUT2D eigenvalue weighted by Gasteiger charge is -2.36. The number of hydrogen-bond donors (Lipinski definition) is 1. The number of hydrogen-bond acceptors (Lipinski definition) is 2. The summed E-state index contributed by atoms with van der Waals surface area (Å²) in [5.41, 5.74) is 0.0558. The topological polar surface area (TPSA) is 15.3 Å². The van der Waals surface area contributed by atoms with E-state index in [9.17, 15) is 17.6 Å². The average Bonchev–Trinajstić information content (AvgIpc) is 2.46. The molecule has 2 nitrogen and oxygen atoms in total. The third kappa shape index (κ3) is 5.64. The summed E-state index contributed by atoms with van der Waals surface area (Å²) in [4.78, 5) is 1.82. The van der Waals surface area contributed by atoms with Crippen molar-refractivity contribution in [1.82, 2.24) is 10.2 Å². The predicted octanol–water partition coefficient (Wildman–Crippen LogP) is 4.84. The first-order valence-electron chi connectivity index (χ1n) is 6.94. The third-order valence-corrected chi connectivity index (χ3v) is 4.33. The molecule has 1 aromatic rings. The van der Waals surface area contributed by atoms with Crippen LogP contribution in [0, 0.1) is 5.82 Å². The Kier molecular flexibility index (Phi) is 7.87. The summed E-state index contributed by atoms with van der Waals surface area (Å²) in [5.74, 6) is -0.736. The Hall–Kier alpha value is -0.270. The maximum atomic E-state index is 14.3. The SMILES string of the molecule is Cl.Fc1c(Cl)ccc(Cl)c1[C@H](CCC(F)(F)F)N1CCNCC1. The van der Waals surface area contributed by atoms with Crippen LogP contribution >= 0.6 is 35.6 Å². The zero-order chi connectivity index (χ0) is 16.3. The highest BCUT2D eigenvalue weighted by Gasteiger charge is 2.33. The van der Waals surface area contributed by atoms with E-state index in [1.807, 2.05) is 4.90 Å². The Morgan fingerprint density at radius 2 is 1.70 bits per heavy atom. The maximum Gasteiger partial charge on any atom is 0.389 e. The van der Waals surface area contributed by atoms with Gasteiger partial charge in [-0.1, -0.05) is 23.2 Å². The van der Waals surface area contributed by atoms with E-state index < -0.39 is 24.5 Å². The number of piperazine rings is 1. The molecule has 0 spiro atoms. The van der Waals surface area contributed by atoms with Gasteiger partial charge < -0.3 is 5.32 Å². The van der Waals surface area contributed by atoms with Crippen molar-refractivity contribution in [3.05, 3.63) is 33.6 Å². The zero-order valence-electron chi connectivity index (χ0n) is 12.1. The predicted molar refractivity (Wildman–Crippen MR) is 86.1 cm³/mol. The summed E-state index contributed by atoms with van der Waals surface area (Å²) in [6.07, 6.45) is -5.54. The van der Waals surface area contributed by atoms with Crippen LogP contribution in [0.15, 0.2) is 12.1 Å². The van der Waals surface area contributed by atoms with Crippen molar-refractivity contribution in [1.29, 1.82) is 0 Å². The lowest BCUT2D eigenvalue weighted by molar-refractivity contribution is -0.138. The second-order valence-corrected chi connectivity index (χ2v) is 6.03. The first-order valence-corrected chi connectivity index (χ1v) is 7.70. The zero-order valence-corrected chi connectivity index (χ0v) is 14.4. The molecule has 1 aromatic carbocycles. The molecule has 1 heterocycles. The smallest absolute Gasteiger partial charge is 0.314 e. The van der Waals surface area contributed by atoms with Crippen LogP contribution in [0.2, 0.25) is 10.0 Å². The summed E-state index contributed by atoms with van der Waals surface area (Å²) in [6.45, 7) is 2.35. The van der Waals surface area contributed by atoms with Gasteiger partial charge in [0.05, 0.1) is 5.02 Å². The lowest BCUT2D eigenvalue weighted by atomic mass is 9.98. The highest BCUT2D eigenvalue weighted by molar-refractivity contribution is 6.33. The van der Waals surface area contributed by atoms with Crippen molar-refractivity contribution in [2.75, 3.05) is 26.2 Å². The van der Waals surface area contributed by atoms with Crippen molar-refractivity contribution in [2.24, 2.45) is 0 Å². The average molecular weight is 396 g/mol. The summed E-state index contributed by atoms with van der Waals surface area (Å²) in [5, 5.41) is 3.09. The van der Waals surface area contributed by atoms with Crippen LogP contribution < -0.4 is 5.32 Å². The highest BCUT2D eigenvalue weighted by Crippen LogP contribution is 2.38. The molecule has 0 radical (unpaired) electrons. The molecule has 1 aliphatic heterocycles. The molecule has 1 aliphatic rings. The molecule has 132 valence electrons. The van der Waals surface area contributed by atoms with Crippen molar-refractivity contribution >= 4 is 35.6 Å². The fourth-order valence-electron chi connectivity index (χ4n) is 2.65. The van der Waals surface area contributed by atoms with Gasteiger partial charge in [0.1, 0.15) is 5.82 Å². The number of nitrogens with zero attached hydrogens (tertiary/aromatic N) is 1. The van der Waals surface area contributed by atoms with Gasteiger partial charge in [-0.05, 0) is 18.6 Å². The summed E-state index contributed by atoms with van der Waals surface area (Å²) in [7, 11) is 0. The second kappa shape index (κ2) is 8.72. The second-order valence-electron chi connectivity index (χ2n) is 5.21. The molecule has 1 N–H and O–H groups in total. The van der Waals surface area contributed by atoms with E-state index in [2.05, 4.69) is 5.32 Å². The Balaban J connectivity index is 0.00000264. The maximum absolute atomic E-state index is 14.3. The van der Waals surface area contributed by atoms with E-state index in [1.54, 1.807) is 0 Å². The van der Waals surface area contributed by atoms with Crippen molar-refractivity contribution in [2.45, 2.75) is 25.1 Å². The lowest BCUT2D eigenvalue weighted by Crippen LogP contribution is -2.45. The number of rotatable bonds is 4. The van der Waals surface area contributed by atoms with Crippen LogP contribution in [0.3, 0.4) is 0 Å². The van der Waals surface area contributed by atoms with Crippen LogP contribution in [0.1, 0.15) is 24.4 Å². The Morgan fingerprint density at radius 3 is 2.26 bits per heavy atom. The monoisotopic (exact) mass is 394 g/mol. The van der Waals surface area contributed by atoms with Gasteiger partial charge in [0.15, 0.2) is 0 Å². The fraction of sp³-hybridized carbons (Fsp3) is 0.571. The van der Waals surface area contributed by atoms with Gasteiger partial charge in [-0.3, -0.25) is 4.90 Å². The number of nitrogens with one attached hydrogen (secondary N) is 1. The molecule has 0 saturated carbocycles.